The molecule has 1 aliphatic rings. The smallest absolute Gasteiger partial charge is 0.234 e. The van der Waals surface area contributed by atoms with E-state index >= 15 is 0 Å². The van der Waals surface area contributed by atoms with Gasteiger partial charge in [0, 0.05) is 12.6 Å². The molecule has 0 spiro atoms. The Morgan fingerprint density at radius 3 is 2.50 bits per heavy atom. The minimum absolute atomic E-state index is 0.0247. The second kappa shape index (κ2) is 6.86. The molecule has 1 atom stereocenters. The fraction of sp³-hybridized carbons (Fsp3) is 0.917. The van der Waals surface area contributed by atoms with Crippen LogP contribution in [0.5, 0.6) is 0 Å². The standard InChI is InChI=1S/C12H24N2O2/c1-3-10(4-2)14-12(16)8-13-7-11(15)9-5-6-9/h9-11,13,15H,3-8H2,1-2H3,(H,14,16). The van der Waals surface area contributed by atoms with Gasteiger partial charge in [-0.15, -0.1) is 0 Å². The maximum atomic E-state index is 11.5. The Bertz CT molecular complexity index is 213. The van der Waals surface area contributed by atoms with Gasteiger partial charge in [0.1, 0.15) is 0 Å². The second-order valence-electron chi connectivity index (χ2n) is 4.62. The number of hydrogen-bond acceptors (Lipinski definition) is 3. The van der Waals surface area contributed by atoms with Gasteiger partial charge < -0.3 is 15.7 Å². The molecule has 3 N–H and O–H groups in total. The Morgan fingerprint density at radius 2 is 2.00 bits per heavy atom. The molecule has 1 amide bonds. The fourth-order valence-electron chi connectivity index (χ4n) is 1.75. The third kappa shape index (κ3) is 4.94. The molecule has 0 bridgehead atoms. The van der Waals surface area contributed by atoms with Gasteiger partial charge in [0.15, 0.2) is 0 Å². The van der Waals surface area contributed by atoms with Gasteiger partial charge in [-0.25, -0.2) is 0 Å². The Labute approximate surface area is 97.8 Å². The maximum Gasteiger partial charge on any atom is 0.234 e. The topological polar surface area (TPSA) is 61.4 Å². The molecule has 0 heterocycles. The first-order valence-electron chi connectivity index (χ1n) is 6.35. The number of carbonyl (C=O) groups excluding carboxylic acids is 1. The molecular formula is C12H24N2O2. The highest BCUT2D eigenvalue weighted by Gasteiger charge is 2.29. The summed E-state index contributed by atoms with van der Waals surface area (Å²) < 4.78 is 0. The van der Waals surface area contributed by atoms with Gasteiger partial charge in [-0.1, -0.05) is 13.8 Å². The fourth-order valence-corrected chi connectivity index (χ4v) is 1.75. The van der Waals surface area contributed by atoms with Crippen LogP contribution < -0.4 is 10.6 Å². The van der Waals surface area contributed by atoms with Crippen LogP contribution in [0.2, 0.25) is 0 Å². The van der Waals surface area contributed by atoms with E-state index in [-0.39, 0.29) is 18.1 Å². The summed E-state index contributed by atoms with van der Waals surface area (Å²) in [5.41, 5.74) is 0. The van der Waals surface area contributed by atoms with Gasteiger partial charge in [0.25, 0.3) is 0 Å². The molecule has 1 aliphatic carbocycles. The average Bonchev–Trinajstić information content (AvgIpc) is 3.09. The third-order valence-corrected chi connectivity index (χ3v) is 3.16. The van der Waals surface area contributed by atoms with Crippen LogP contribution in [0.15, 0.2) is 0 Å². The first-order valence-corrected chi connectivity index (χ1v) is 6.35. The number of hydrogen-bond donors (Lipinski definition) is 3. The molecule has 0 aliphatic heterocycles. The molecule has 0 aromatic carbocycles. The van der Waals surface area contributed by atoms with Crippen LogP contribution in [0.4, 0.5) is 0 Å². The lowest BCUT2D eigenvalue weighted by Crippen LogP contribution is -2.41. The zero-order valence-electron chi connectivity index (χ0n) is 10.3. The SMILES string of the molecule is CCC(CC)NC(=O)CNCC(O)C1CC1. The Morgan fingerprint density at radius 1 is 1.38 bits per heavy atom. The van der Waals surface area contributed by atoms with Crippen molar-refractivity contribution >= 4 is 5.91 Å². The minimum atomic E-state index is -0.277. The van der Waals surface area contributed by atoms with E-state index in [0.29, 0.717) is 19.0 Å². The normalized spacial score (nSPS) is 17.5. The number of amides is 1. The van der Waals surface area contributed by atoms with Crippen LogP contribution in [0, 0.1) is 5.92 Å². The first kappa shape index (κ1) is 13.5. The second-order valence-corrected chi connectivity index (χ2v) is 4.62. The molecule has 4 nitrogen and oxygen atoms in total. The lowest BCUT2D eigenvalue weighted by Gasteiger charge is -2.15. The van der Waals surface area contributed by atoms with Gasteiger partial charge in [-0.05, 0) is 31.6 Å². The zero-order valence-corrected chi connectivity index (χ0v) is 10.3. The molecule has 1 fully saturated rings. The van der Waals surface area contributed by atoms with Gasteiger partial charge in [-0.2, -0.15) is 0 Å². The maximum absolute atomic E-state index is 11.5. The zero-order chi connectivity index (χ0) is 12.0. The summed E-state index contributed by atoms with van der Waals surface area (Å²) in [5, 5.41) is 15.5. The van der Waals surface area contributed by atoms with Gasteiger partial charge in [-0.3, -0.25) is 4.79 Å². The molecule has 1 saturated carbocycles. The van der Waals surface area contributed by atoms with Crippen molar-refractivity contribution in [3.63, 3.8) is 0 Å². The molecular weight excluding hydrogens is 204 g/mol. The quantitative estimate of drug-likeness (QED) is 0.572. The number of carbonyl (C=O) groups is 1. The average molecular weight is 228 g/mol. The largest absolute Gasteiger partial charge is 0.392 e. The number of aliphatic hydroxyl groups is 1. The van der Waals surface area contributed by atoms with Crippen LogP contribution >= 0.6 is 0 Å². The van der Waals surface area contributed by atoms with E-state index < -0.39 is 0 Å². The van der Waals surface area contributed by atoms with Crippen molar-refractivity contribution in [1.82, 2.24) is 10.6 Å². The molecule has 1 rings (SSSR count). The molecule has 0 saturated heterocycles. The van der Waals surface area contributed by atoms with Gasteiger partial charge in [0.05, 0.1) is 12.6 Å². The van der Waals surface area contributed by atoms with Crippen LogP contribution in [0.1, 0.15) is 39.5 Å². The highest BCUT2D eigenvalue weighted by molar-refractivity contribution is 5.78. The molecule has 94 valence electrons. The Balaban J connectivity index is 2.04. The molecule has 16 heavy (non-hydrogen) atoms. The molecule has 1 unspecified atom stereocenters. The van der Waals surface area contributed by atoms with Crippen molar-refractivity contribution < 1.29 is 9.90 Å². The summed E-state index contributed by atoms with van der Waals surface area (Å²) >= 11 is 0. The van der Waals surface area contributed by atoms with E-state index in [0.717, 1.165) is 25.7 Å². The number of nitrogens with one attached hydrogen (secondary N) is 2. The molecule has 0 aromatic rings. The van der Waals surface area contributed by atoms with Crippen molar-refractivity contribution in [3.05, 3.63) is 0 Å². The minimum Gasteiger partial charge on any atom is -0.392 e. The van der Waals surface area contributed by atoms with E-state index in [1.165, 1.54) is 0 Å². The van der Waals surface area contributed by atoms with Crippen molar-refractivity contribution in [2.45, 2.75) is 51.7 Å². The monoisotopic (exact) mass is 228 g/mol. The predicted molar refractivity (Wildman–Crippen MR) is 64.1 cm³/mol. The van der Waals surface area contributed by atoms with Crippen molar-refractivity contribution in [2.24, 2.45) is 5.92 Å². The lowest BCUT2D eigenvalue weighted by molar-refractivity contribution is -0.121. The molecule has 0 aromatic heterocycles. The van der Waals surface area contributed by atoms with Crippen molar-refractivity contribution in [1.29, 1.82) is 0 Å². The summed E-state index contributed by atoms with van der Waals surface area (Å²) in [5.74, 6) is 0.492. The van der Waals surface area contributed by atoms with Crippen LogP contribution in [0.25, 0.3) is 0 Å². The Kier molecular flexibility index (Phi) is 5.77. The lowest BCUT2D eigenvalue weighted by atomic mass is 10.2. The van der Waals surface area contributed by atoms with E-state index in [1.807, 2.05) is 0 Å². The molecule has 4 heteroatoms. The van der Waals surface area contributed by atoms with E-state index in [1.54, 1.807) is 0 Å². The van der Waals surface area contributed by atoms with Gasteiger partial charge in [0.2, 0.25) is 5.91 Å². The van der Waals surface area contributed by atoms with E-state index in [2.05, 4.69) is 24.5 Å². The summed E-state index contributed by atoms with van der Waals surface area (Å²) in [7, 11) is 0. The van der Waals surface area contributed by atoms with Gasteiger partial charge >= 0.3 is 0 Å². The summed E-state index contributed by atoms with van der Waals surface area (Å²) in [6.45, 7) is 4.97. The van der Waals surface area contributed by atoms with Crippen LogP contribution in [0.3, 0.4) is 0 Å². The number of rotatable bonds is 8. The highest BCUT2D eigenvalue weighted by Crippen LogP contribution is 2.32. The summed E-state index contributed by atoms with van der Waals surface area (Å²) in [6, 6.07) is 0.280. The summed E-state index contributed by atoms with van der Waals surface area (Å²) in [6.07, 6.45) is 3.91. The first-order chi connectivity index (χ1) is 7.67. The predicted octanol–water partition coefficient (Wildman–Crippen LogP) is 0.652. The highest BCUT2D eigenvalue weighted by atomic mass is 16.3. The third-order valence-electron chi connectivity index (χ3n) is 3.16. The molecule has 0 radical (unpaired) electrons. The Hall–Kier alpha value is -0.610. The van der Waals surface area contributed by atoms with Crippen LogP contribution in [-0.4, -0.2) is 36.2 Å². The number of aliphatic hydroxyl groups excluding tert-OH is 1. The summed E-state index contributed by atoms with van der Waals surface area (Å²) in [4.78, 5) is 11.5. The van der Waals surface area contributed by atoms with Crippen LogP contribution in [-0.2, 0) is 4.79 Å². The van der Waals surface area contributed by atoms with Crippen molar-refractivity contribution in [3.8, 4) is 0 Å². The van der Waals surface area contributed by atoms with E-state index in [9.17, 15) is 9.90 Å². The van der Waals surface area contributed by atoms with Crippen molar-refractivity contribution in [2.75, 3.05) is 13.1 Å². The van der Waals surface area contributed by atoms with E-state index in [4.69, 9.17) is 0 Å².